The SMILES string of the molecule is COC(=O)C1(CC=O)CC(C=O)C(C=O)C(c2ccccc2)C1. The first-order valence-electron chi connectivity index (χ1n) is 7.59. The van der Waals surface area contributed by atoms with Gasteiger partial charge in [0.15, 0.2) is 0 Å². The van der Waals surface area contributed by atoms with Crippen LogP contribution in [0.4, 0.5) is 0 Å². The van der Waals surface area contributed by atoms with E-state index in [0.717, 1.165) is 18.1 Å². The van der Waals surface area contributed by atoms with E-state index in [2.05, 4.69) is 0 Å². The largest absolute Gasteiger partial charge is 0.469 e. The normalized spacial score (nSPS) is 30.2. The second-order valence-electron chi connectivity index (χ2n) is 6.08. The van der Waals surface area contributed by atoms with Gasteiger partial charge >= 0.3 is 5.97 Å². The van der Waals surface area contributed by atoms with Gasteiger partial charge in [-0.05, 0) is 24.3 Å². The van der Waals surface area contributed by atoms with Crippen LogP contribution in [0, 0.1) is 17.3 Å². The number of methoxy groups -OCH3 is 1. The van der Waals surface area contributed by atoms with E-state index in [-0.39, 0.29) is 18.8 Å². The lowest BCUT2D eigenvalue weighted by molar-refractivity contribution is -0.160. The number of hydrogen-bond donors (Lipinski definition) is 0. The van der Waals surface area contributed by atoms with Crippen LogP contribution in [0.1, 0.15) is 30.7 Å². The Hall–Kier alpha value is -2.30. The third-order valence-corrected chi connectivity index (χ3v) is 4.85. The highest BCUT2D eigenvalue weighted by Crippen LogP contribution is 2.50. The Morgan fingerprint density at radius 3 is 2.39 bits per heavy atom. The third-order valence-electron chi connectivity index (χ3n) is 4.85. The molecule has 1 aliphatic rings. The summed E-state index contributed by atoms with van der Waals surface area (Å²) in [5, 5.41) is 0. The van der Waals surface area contributed by atoms with Gasteiger partial charge in [-0.15, -0.1) is 0 Å². The molecule has 23 heavy (non-hydrogen) atoms. The monoisotopic (exact) mass is 316 g/mol. The standard InChI is InChI=1S/C18H20O5/c1-23-17(22)18(7-8-19)9-14(11-20)16(12-21)15(10-18)13-5-3-2-4-6-13/h2-6,8,11-12,14-16H,7,9-10H2,1H3. The van der Waals surface area contributed by atoms with Gasteiger partial charge in [0.25, 0.3) is 0 Å². The van der Waals surface area contributed by atoms with Gasteiger partial charge in [0, 0.05) is 18.3 Å². The van der Waals surface area contributed by atoms with Crippen LogP contribution in [0.2, 0.25) is 0 Å². The fraction of sp³-hybridized carbons (Fsp3) is 0.444. The van der Waals surface area contributed by atoms with Crippen molar-refractivity contribution in [2.75, 3.05) is 7.11 Å². The van der Waals surface area contributed by atoms with Crippen LogP contribution < -0.4 is 0 Å². The van der Waals surface area contributed by atoms with Crippen LogP contribution in [0.25, 0.3) is 0 Å². The minimum Gasteiger partial charge on any atom is -0.469 e. The number of carbonyl (C=O) groups is 4. The number of rotatable bonds is 6. The summed E-state index contributed by atoms with van der Waals surface area (Å²) in [7, 11) is 1.27. The van der Waals surface area contributed by atoms with Gasteiger partial charge in [-0.1, -0.05) is 30.3 Å². The molecule has 0 radical (unpaired) electrons. The van der Waals surface area contributed by atoms with E-state index in [0.29, 0.717) is 12.7 Å². The van der Waals surface area contributed by atoms with Crippen molar-refractivity contribution >= 4 is 24.8 Å². The summed E-state index contributed by atoms with van der Waals surface area (Å²) in [6, 6.07) is 9.30. The van der Waals surface area contributed by atoms with Crippen LogP contribution >= 0.6 is 0 Å². The zero-order valence-corrected chi connectivity index (χ0v) is 13.0. The maximum atomic E-state index is 12.3. The highest BCUT2D eigenvalue weighted by atomic mass is 16.5. The van der Waals surface area contributed by atoms with Crippen molar-refractivity contribution in [3.8, 4) is 0 Å². The zero-order chi connectivity index (χ0) is 16.9. The highest BCUT2D eigenvalue weighted by molar-refractivity contribution is 5.82. The maximum Gasteiger partial charge on any atom is 0.312 e. The minimum absolute atomic E-state index is 0.0150. The Balaban J connectivity index is 2.49. The van der Waals surface area contributed by atoms with Crippen LogP contribution in [-0.2, 0) is 23.9 Å². The van der Waals surface area contributed by atoms with Gasteiger partial charge in [0.05, 0.1) is 12.5 Å². The molecule has 2 rings (SSSR count). The fourth-order valence-electron chi connectivity index (χ4n) is 3.69. The second-order valence-corrected chi connectivity index (χ2v) is 6.08. The quantitative estimate of drug-likeness (QED) is 0.592. The Morgan fingerprint density at radius 2 is 1.87 bits per heavy atom. The molecule has 0 spiro atoms. The molecule has 5 heteroatoms. The summed E-state index contributed by atoms with van der Waals surface area (Å²) in [5.41, 5.74) is -0.169. The predicted octanol–water partition coefficient (Wildman–Crippen LogP) is 1.94. The van der Waals surface area contributed by atoms with Gasteiger partial charge in [-0.25, -0.2) is 0 Å². The Labute approximate surface area is 135 Å². The lowest BCUT2D eigenvalue weighted by atomic mass is 9.58. The first kappa shape index (κ1) is 17.1. The van der Waals surface area contributed by atoms with E-state index in [1.54, 1.807) is 0 Å². The van der Waals surface area contributed by atoms with Crippen LogP contribution in [0.3, 0.4) is 0 Å². The second kappa shape index (κ2) is 7.31. The fourth-order valence-corrected chi connectivity index (χ4v) is 3.69. The van der Waals surface area contributed by atoms with Crippen LogP contribution in [0.15, 0.2) is 30.3 Å². The summed E-state index contributed by atoms with van der Waals surface area (Å²) < 4.78 is 4.89. The van der Waals surface area contributed by atoms with Crippen molar-refractivity contribution in [1.29, 1.82) is 0 Å². The Morgan fingerprint density at radius 1 is 1.17 bits per heavy atom. The smallest absolute Gasteiger partial charge is 0.312 e. The summed E-state index contributed by atoms with van der Waals surface area (Å²) in [6.45, 7) is 0. The number of ether oxygens (including phenoxy) is 1. The topological polar surface area (TPSA) is 77.5 Å². The summed E-state index contributed by atoms with van der Waals surface area (Å²) in [5.74, 6) is -1.90. The molecule has 0 aliphatic heterocycles. The van der Waals surface area contributed by atoms with Crippen molar-refractivity contribution in [2.24, 2.45) is 17.3 Å². The molecule has 0 amide bonds. The van der Waals surface area contributed by atoms with Gasteiger partial charge < -0.3 is 19.1 Å². The number of hydrogen-bond acceptors (Lipinski definition) is 5. The van der Waals surface area contributed by atoms with E-state index >= 15 is 0 Å². The van der Waals surface area contributed by atoms with Crippen molar-refractivity contribution in [2.45, 2.75) is 25.2 Å². The van der Waals surface area contributed by atoms with E-state index in [1.165, 1.54) is 7.11 Å². The number of carbonyl (C=O) groups excluding carboxylic acids is 4. The van der Waals surface area contributed by atoms with Gasteiger partial charge in [-0.2, -0.15) is 0 Å². The van der Waals surface area contributed by atoms with Gasteiger partial charge in [-0.3, -0.25) is 4.79 Å². The molecule has 1 aromatic carbocycles. The lowest BCUT2D eigenvalue weighted by Crippen LogP contribution is -2.45. The molecule has 0 bridgehead atoms. The summed E-state index contributed by atoms with van der Waals surface area (Å²) in [4.78, 5) is 46.5. The van der Waals surface area contributed by atoms with Crippen molar-refractivity contribution < 1.29 is 23.9 Å². The minimum atomic E-state index is -1.05. The maximum absolute atomic E-state index is 12.3. The lowest BCUT2D eigenvalue weighted by Gasteiger charge is -2.43. The molecular formula is C18H20O5. The summed E-state index contributed by atoms with van der Waals surface area (Å²) in [6.07, 6.45) is 2.65. The molecule has 0 saturated heterocycles. The average molecular weight is 316 g/mol. The molecule has 4 unspecified atom stereocenters. The van der Waals surface area contributed by atoms with E-state index in [1.807, 2.05) is 30.3 Å². The molecule has 1 fully saturated rings. The van der Waals surface area contributed by atoms with Crippen LogP contribution in [0.5, 0.6) is 0 Å². The van der Waals surface area contributed by atoms with Crippen LogP contribution in [-0.4, -0.2) is 31.9 Å². The first-order valence-corrected chi connectivity index (χ1v) is 7.59. The Bertz CT molecular complexity index is 582. The average Bonchev–Trinajstić information content (AvgIpc) is 2.61. The molecule has 1 saturated carbocycles. The molecule has 0 heterocycles. The van der Waals surface area contributed by atoms with E-state index in [9.17, 15) is 19.2 Å². The van der Waals surface area contributed by atoms with Crippen molar-refractivity contribution in [3.05, 3.63) is 35.9 Å². The highest BCUT2D eigenvalue weighted by Gasteiger charge is 2.51. The third kappa shape index (κ3) is 3.23. The number of benzene rings is 1. The first-order chi connectivity index (χ1) is 11.1. The zero-order valence-electron chi connectivity index (χ0n) is 13.0. The van der Waals surface area contributed by atoms with Crippen molar-refractivity contribution in [3.63, 3.8) is 0 Å². The van der Waals surface area contributed by atoms with E-state index < -0.39 is 23.2 Å². The number of aldehydes is 3. The molecule has 122 valence electrons. The predicted molar refractivity (Wildman–Crippen MR) is 82.7 cm³/mol. The van der Waals surface area contributed by atoms with Crippen molar-refractivity contribution in [1.82, 2.24) is 0 Å². The Kier molecular flexibility index (Phi) is 5.42. The molecule has 1 aromatic rings. The molecule has 5 nitrogen and oxygen atoms in total. The van der Waals surface area contributed by atoms with Gasteiger partial charge in [0.1, 0.15) is 18.9 Å². The van der Waals surface area contributed by atoms with E-state index in [4.69, 9.17) is 4.74 Å². The van der Waals surface area contributed by atoms with Gasteiger partial charge in [0.2, 0.25) is 0 Å². The molecule has 0 aromatic heterocycles. The summed E-state index contributed by atoms with van der Waals surface area (Å²) >= 11 is 0. The molecule has 1 aliphatic carbocycles. The molecule has 0 N–H and O–H groups in total. The number of esters is 1. The molecular weight excluding hydrogens is 296 g/mol. The molecule has 4 atom stereocenters.